The van der Waals surface area contributed by atoms with Crippen molar-refractivity contribution in [1.82, 2.24) is 10.7 Å². The Morgan fingerprint density at radius 1 is 1.26 bits per heavy atom. The molecule has 19 heavy (non-hydrogen) atoms. The number of rotatable bonds is 3. The number of alkyl halides is 1. The zero-order valence-corrected chi connectivity index (χ0v) is 12.4. The van der Waals surface area contributed by atoms with Crippen molar-refractivity contribution in [2.75, 3.05) is 13.1 Å². The predicted octanol–water partition coefficient (Wildman–Crippen LogP) is 2.28. The largest absolute Gasteiger partial charge is 0.316 e. The third kappa shape index (κ3) is 4.46. The van der Waals surface area contributed by atoms with E-state index in [1.165, 1.54) is 6.42 Å². The van der Waals surface area contributed by atoms with E-state index >= 15 is 0 Å². The van der Waals surface area contributed by atoms with Crippen molar-refractivity contribution < 1.29 is 4.79 Å². The highest BCUT2D eigenvalue weighted by Crippen LogP contribution is 2.27. The molecule has 0 bridgehead atoms. The van der Waals surface area contributed by atoms with Crippen molar-refractivity contribution in [3.8, 4) is 0 Å². The van der Waals surface area contributed by atoms with Gasteiger partial charge in [-0.15, -0.1) is 11.6 Å². The van der Waals surface area contributed by atoms with Gasteiger partial charge >= 0.3 is 0 Å². The van der Waals surface area contributed by atoms with Crippen molar-refractivity contribution >= 4 is 23.2 Å². The number of piperidine rings is 1. The summed E-state index contributed by atoms with van der Waals surface area (Å²) in [5.74, 6) is 0.534. The quantitative estimate of drug-likeness (QED) is 0.475. The molecular weight excluding hydrogens is 262 g/mol. The SMILES string of the molecule is C/C(=N\NC(=O)C1CCCC(Cl)C1)C1CCCNC1. The zero-order valence-electron chi connectivity index (χ0n) is 11.6. The molecule has 1 amide bonds. The second-order valence-electron chi connectivity index (χ2n) is 5.73. The van der Waals surface area contributed by atoms with Gasteiger partial charge in [0, 0.05) is 29.5 Å². The van der Waals surface area contributed by atoms with Gasteiger partial charge in [-0.05, 0) is 45.6 Å². The van der Waals surface area contributed by atoms with Crippen LogP contribution in [-0.2, 0) is 4.79 Å². The minimum atomic E-state index is 0.0356. The smallest absolute Gasteiger partial charge is 0.243 e. The van der Waals surface area contributed by atoms with Crippen molar-refractivity contribution in [2.24, 2.45) is 16.9 Å². The standard InChI is InChI=1S/C14H24ClN3O/c1-10(12-5-3-7-16-9-12)17-18-14(19)11-4-2-6-13(15)8-11/h11-13,16H,2-9H2,1H3,(H,18,19)/b17-10+. The van der Waals surface area contributed by atoms with Gasteiger partial charge in [0.15, 0.2) is 0 Å². The highest BCUT2D eigenvalue weighted by molar-refractivity contribution is 6.20. The Balaban J connectivity index is 1.81. The molecule has 0 aromatic carbocycles. The maximum absolute atomic E-state index is 12.0. The number of carbonyl (C=O) groups is 1. The average Bonchev–Trinajstić information content (AvgIpc) is 2.45. The molecule has 0 spiro atoms. The number of hydrogen-bond donors (Lipinski definition) is 2. The molecule has 0 aromatic rings. The zero-order chi connectivity index (χ0) is 13.7. The molecular formula is C14H24ClN3O. The third-order valence-electron chi connectivity index (χ3n) is 4.21. The summed E-state index contributed by atoms with van der Waals surface area (Å²) >= 11 is 6.12. The van der Waals surface area contributed by atoms with Crippen LogP contribution in [-0.4, -0.2) is 30.1 Å². The highest BCUT2D eigenvalue weighted by atomic mass is 35.5. The Morgan fingerprint density at radius 2 is 2.05 bits per heavy atom. The summed E-state index contributed by atoms with van der Waals surface area (Å²) in [7, 11) is 0. The lowest BCUT2D eigenvalue weighted by Gasteiger charge is -2.24. The van der Waals surface area contributed by atoms with E-state index in [0.29, 0.717) is 5.92 Å². The van der Waals surface area contributed by atoms with Crippen LogP contribution < -0.4 is 10.7 Å². The molecule has 0 aromatic heterocycles. The van der Waals surface area contributed by atoms with E-state index in [9.17, 15) is 4.79 Å². The molecule has 2 fully saturated rings. The van der Waals surface area contributed by atoms with Crippen molar-refractivity contribution in [3.05, 3.63) is 0 Å². The first-order chi connectivity index (χ1) is 9.16. The van der Waals surface area contributed by atoms with Gasteiger partial charge in [-0.2, -0.15) is 5.10 Å². The fraction of sp³-hybridized carbons (Fsp3) is 0.857. The second kappa shape index (κ2) is 7.25. The van der Waals surface area contributed by atoms with Crippen LogP contribution in [0, 0.1) is 11.8 Å². The van der Waals surface area contributed by atoms with Crippen molar-refractivity contribution in [1.29, 1.82) is 0 Å². The van der Waals surface area contributed by atoms with Gasteiger partial charge in [0.2, 0.25) is 5.91 Å². The van der Waals surface area contributed by atoms with Crippen LogP contribution in [0.4, 0.5) is 0 Å². The van der Waals surface area contributed by atoms with Crippen LogP contribution in [0.15, 0.2) is 5.10 Å². The van der Waals surface area contributed by atoms with E-state index in [4.69, 9.17) is 11.6 Å². The number of amides is 1. The first kappa shape index (κ1) is 14.8. The molecule has 4 nitrogen and oxygen atoms in total. The predicted molar refractivity (Wildman–Crippen MR) is 78.4 cm³/mol. The summed E-state index contributed by atoms with van der Waals surface area (Å²) in [6.45, 7) is 4.07. The van der Waals surface area contributed by atoms with Crippen LogP contribution in [0.1, 0.15) is 45.4 Å². The summed E-state index contributed by atoms with van der Waals surface area (Å²) in [6, 6.07) is 0. The minimum absolute atomic E-state index is 0.0356. The molecule has 1 heterocycles. The van der Waals surface area contributed by atoms with E-state index in [0.717, 1.165) is 50.9 Å². The van der Waals surface area contributed by atoms with Crippen LogP contribution >= 0.6 is 11.6 Å². The molecule has 5 heteroatoms. The number of hydrogen-bond acceptors (Lipinski definition) is 3. The topological polar surface area (TPSA) is 53.5 Å². The molecule has 0 radical (unpaired) electrons. The fourth-order valence-electron chi connectivity index (χ4n) is 2.90. The second-order valence-corrected chi connectivity index (χ2v) is 6.35. The summed E-state index contributed by atoms with van der Waals surface area (Å²) in [5.41, 5.74) is 3.76. The molecule has 1 aliphatic carbocycles. The van der Waals surface area contributed by atoms with Gasteiger partial charge in [0.1, 0.15) is 0 Å². The Hall–Kier alpha value is -0.610. The summed E-state index contributed by atoms with van der Waals surface area (Å²) in [6.07, 6.45) is 6.14. The number of carbonyl (C=O) groups excluding carboxylic acids is 1. The molecule has 2 rings (SSSR count). The van der Waals surface area contributed by atoms with Gasteiger partial charge in [-0.1, -0.05) is 6.42 Å². The van der Waals surface area contributed by atoms with Gasteiger partial charge < -0.3 is 5.32 Å². The third-order valence-corrected chi connectivity index (χ3v) is 4.61. The molecule has 3 atom stereocenters. The molecule has 108 valence electrons. The number of halogens is 1. The summed E-state index contributed by atoms with van der Waals surface area (Å²) in [4.78, 5) is 12.0. The van der Waals surface area contributed by atoms with Crippen LogP contribution in [0.2, 0.25) is 0 Å². The summed E-state index contributed by atoms with van der Waals surface area (Å²) < 4.78 is 0. The minimum Gasteiger partial charge on any atom is -0.316 e. The number of hydrazone groups is 1. The van der Waals surface area contributed by atoms with Crippen LogP contribution in [0.25, 0.3) is 0 Å². The Labute approximate surface area is 120 Å². The lowest BCUT2D eigenvalue weighted by Crippen LogP contribution is -2.36. The van der Waals surface area contributed by atoms with Crippen molar-refractivity contribution in [2.45, 2.75) is 50.8 Å². The first-order valence-electron chi connectivity index (χ1n) is 7.35. The molecule has 1 aliphatic heterocycles. The first-order valence-corrected chi connectivity index (χ1v) is 7.79. The highest BCUT2D eigenvalue weighted by Gasteiger charge is 2.26. The van der Waals surface area contributed by atoms with Gasteiger partial charge in [0.05, 0.1) is 0 Å². The normalized spacial score (nSPS) is 32.9. The average molecular weight is 286 g/mol. The molecule has 3 unspecified atom stereocenters. The lowest BCUT2D eigenvalue weighted by molar-refractivity contribution is -0.125. The van der Waals surface area contributed by atoms with E-state index < -0.39 is 0 Å². The molecule has 1 saturated heterocycles. The maximum Gasteiger partial charge on any atom is 0.243 e. The molecule has 2 N–H and O–H groups in total. The Morgan fingerprint density at radius 3 is 2.74 bits per heavy atom. The van der Waals surface area contributed by atoms with Crippen molar-refractivity contribution in [3.63, 3.8) is 0 Å². The fourth-order valence-corrected chi connectivity index (χ4v) is 3.27. The maximum atomic E-state index is 12.0. The van der Waals surface area contributed by atoms with E-state index in [-0.39, 0.29) is 17.2 Å². The van der Waals surface area contributed by atoms with E-state index in [2.05, 4.69) is 15.8 Å². The molecule has 1 saturated carbocycles. The Bertz CT molecular complexity index is 340. The van der Waals surface area contributed by atoms with Gasteiger partial charge in [0.25, 0.3) is 0 Å². The van der Waals surface area contributed by atoms with E-state index in [1.807, 2.05) is 6.92 Å². The van der Waals surface area contributed by atoms with E-state index in [1.54, 1.807) is 0 Å². The van der Waals surface area contributed by atoms with Crippen LogP contribution in [0.5, 0.6) is 0 Å². The van der Waals surface area contributed by atoms with Gasteiger partial charge in [-0.3, -0.25) is 4.79 Å². The Kier molecular flexibility index (Phi) is 5.64. The van der Waals surface area contributed by atoms with Crippen LogP contribution in [0.3, 0.4) is 0 Å². The summed E-state index contributed by atoms with van der Waals surface area (Å²) in [5, 5.41) is 7.79. The monoisotopic (exact) mass is 285 g/mol. The number of nitrogens with zero attached hydrogens (tertiary/aromatic N) is 1. The lowest BCUT2D eigenvalue weighted by atomic mass is 9.88. The molecule has 2 aliphatic rings. The number of nitrogens with one attached hydrogen (secondary N) is 2. The van der Waals surface area contributed by atoms with Gasteiger partial charge in [-0.25, -0.2) is 5.43 Å².